The van der Waals surface area contributed by atoms with E-state index in [4.69, 9.17) is 4.74 Å². The molecule has 0 unspecified atom stereocenters. The van der Waals surface area contributed by atoms with E-state index in [2.05, 4.69) is 0 Å². The van der Waals surface area contributed by atoms with Gasteiger partial charge in [-0.3, -0.25) is 4.79 Å². The number of carbonyl (C=O) groups is 1. The van der Waals surface area contributed by atoms with Gasteiger partial charge in [0.2, 0.25) is 5.91 Å². The van der Waals surface area contributed by atoms with Gasteiger partial charge >= 0.3 is 0 Å². The summed E-state index contributed by atoms with van der Waals surface area (Å²) in [6, 6.07) is 26.5. The maximum atomic E-state index is 13.3. The SMILES string of the molecule is CC.CC.CC.CC.CC.O=C1[C@H](CC[C@H](O)c2ccccc2)[C@@H](c2ccc(C[C@@H]3O[C@H](CO)[C@@H](O)[C@H](O)[C@H]3O)cc2)N1c1ccccc1. The van der Waals surface area contributed by atoms with E-state index in [0.29, 0.717) is 12.8 Å². The highest BCUT2D eigenvalue weighted by Gasteiger charge is 2.48. The molecule has 0 bridgehead atoms. The van der Waals surface area contributed by atoms with Crippen molar-refractivity contribution in [2.75, 3.05) is 11.5 Å². The molecule has 8 heteroatoms. The zero-order chi connectivity index (χ0) is 37.5. The highest BCUT2D eigenvalue weighted by atomic mass is 16.5. The number of ether oxygens (including phenoxy) is 1. The van der Waals surface area contributed by atoms with Crippen molar-refractivity contribution in [1.29, 1.82) is 0 Å². The van der Waals surface area contributed by atoms with Gasteiger partial charge in [0.1, 0.15) is 24.4 Å². The first-order valence-electron chi connectivity index (χ1n) is 18.4. The maximum Gasteiger partial charge on any atom is 0.233 e. The molecule has 0 spiro atoms. The van der Waals surface area contributed by atoms with Gasteiger partial charge in [-0.1, -0.05) is 142 Å². The number of hydrogen-bond donors (Lipinski definition) is 5. The molecule has 49 heavy (non-hydrogen) atoms. The average Bonchev–Trinajstić information content (AvgIpc) is 3.19. The second-order valence-electron chi connectivity index (χ2n) is 10.4. The number of amides is 1. The van der Waals surface area contributed by atoms with Gasteiger partial charge in [-0.25, -0.2) is 0 Å². The molecular formula is C41H65NO7. The fraction of sp³-hybridized carbons (Fsp3) is 0.537. The van der Waals surface area contributed by atoms with Crippen LogP contribution in [0.4, 0.5) is 5.69 Å². The van der Waals surface area contributed by atoms with E-state index < -0.39 is 43.2 Å². The minimum Gasteiger partial charge on any atom is -0.394 e. The molecule has 1 amide bonds. The van der Waals surface area contributed by atoms with E-state index >= 15 is 0 Å². The molecule has 5 rings (SSSR count). The van der Waals surface area contributed by atoms with Crippen LogP contribution in [-0.4, -0.2) is 68.6 Å². The van der Waals surface area contributed by atoms with Crippen LogP contribution in [0.5, 0.6) is 0 Å². The van der Waals surface area contributed by atoms with Crippen LogP contribution in [0.2, 0.25) is 0 Å². The lowest BCUT2D eigenvalue weighted by atomic mass is 9.78. The number of carbonyl (C=O) groups excluding carboxylic acids is 1. The molecule has 5 N–H and O–H groups in total. The molecule has 3 aromatic carbocycles. The zero-order valence-electron chi connectivity index (χ0n) is 31.5. The van der Waals surface area contributed by atoms with Crippen molar-refractivity contribution >= 4 is 11.6 Å². The smallest absolute Gasteiger partial charge is 0.233 e. The Kier molecular flexibility index (Phi) is 24.2. The first-order valence-corrected chi connectivity index (χ1v) is 18.4. The fourth-order valence-corrected chi connectivity index (χ4v) is 5.70. The van der Waals surface area contributed by atoms with E-state index in [1.165, 1.54) is 0 Å². The number of nitrogens with zero attached hydrogens (tertiary/aromatic N) is 1. The summed E-state index contributed by atoms with van der Waals surface area (Å²) in [7, 11) is 0. The van der Waals surface area contributed by atoms with Crippen molar-refractivity contribution < 1.29 is 35.1 Å². The Labute approximate surface area is 296 Å². The van der Waals surface area contributed by atoms with E-state index in [1.807, 2.05) is 154 Å². The predicted octanol–water partition coefficient (Wildman–Crippen LogP) is 7.42. The van der Waals surface area contributed by atoms with E-state index in [-0.39, 0.29) is 24.3 Å². The topological polar surface area (TPSA) is 131 Å². The second kappa shape index (κ2) is 25.8. The number of aliphatic hydroxyl groups excluding tert-OH is 5. The maximum absolute atomic E-state index is 13.3. The van der Waals surface area contributed by atoms with Crippen molar-refractivity contribution in [3.05, 3.63) is 102 Å². The third-order valence-corrected chi connectivity index (χ3v) is 7.93. The van der Waals surface area contributed by atoms with Gasteiger partial charge in [0, 0.05) is 12.1 Å². The highest BCUT2D eigenvalue weighted by molar-refractivity contribution is 6.03. The summed E-state index contributed by atoms with van der Waals surface area (Å²) in [5.41, 5.74) is 3.45. The van der Waals surface area contributed by atoms with Gasteiger partial charge in [-0.15, -0.1) is 0 Å². The summed E-state index contributed by atoms with van der Waals surface area (Å²) in [6.45, 7) is 19.5. The van der Waals surface area contributed by atoms with E-state index in [0.717, 1.165) is 22.4 Å². The Morgan fingerprint density at radius 1 is 0.673 bits per heavy atom. The van der Waals surface area contributed by atoms with Crippen LogP contribution in [0.25, 0.3) is 0 Å². The molecule has 0 radical (unpaired) electrons. The number of hydrogen-bond acceptors (Lipinski definition) is 7. The first kappa shape index (κ1) is 45.9. The molecule has 276 valence electrons. The van der Waals surface area contributed by atoms with Crippen LogP contribution in [0.3, 0.4) is 0 Å². The largest absolute Gasteiger partial charge is 0.394 e. The Morgan fingerprint density at radius 3 is 1.67 bits per heavy atom. The molecule has 8 nitrogen and oxygen atoms in total. The van der Waals surface area contributed by atoms with Gasteiger partial charge in [0.05, 0.1) is 30.8 Å². The summed E-state index contributed by atoms with van der Waals surface area (Å²) >= 11 is 0. The lowest BCUT2D eigenvalue weighted by Crippen LogP contribution is -2.59. The third-order valence-electron chi connectivity index (χ3n) is 7.93. The Balaban J connectivity index is 0.00000212. The van der Waals surface area contributed by atoms with Crippen LogP contribution in [0.15, 0.2) is 84.9 Å². The molecule has 2 aliphatic heterocycles. The van der Waals surface area contributed by atoms with Crippen molar-refractivity contribution in [1.82, 2.24) is 0 Å². The lowest BCUT2D eigenvalue weighted by molar-refractivity contribution is -0.228. The average molecular weight is 684 g/mol. The van der Waals surface area contributed by atoms with Crippen molar-refractivity contribution in [3.8, 4) is 0 Å². The predicted molar refractivity (Wildman–Crippen MR) is 201 cm³/mol. The Bertz CT molecular complexity index is 1220. The van der Waals surface area contributed by atoms with Crippen molar-refractivity contribution in [2.24, 2.45) is 5.92 Å². The summed E-state index contributed by atoms with van der Waals surface area (Å²) in [6.07, 6.45) is -5.18. The summed E-state index contributed by atoms with van der Waals surface area (Å²) in [5, 5.41) is 50.7. The summed E-state index contributed by atoms with van der Waals surface area (Å²) in [5.74, 6) is -0.253. The molecule has 2 aliphatic rings. The molecule has 0 aromatic heterocycles. The number of β-lactam (4-membered cyclic amide) rings is 1. The normalized spacial score (nSPS) is 24.2. The Hall–Kier alpha value is -3.11. The molecular weight excluding hydrogens is 618 g/mol. The monoisotopic (exact) mass is 683 g/mol. The molecule has 8 atom stereocenters. The fourth-order valence-electron chi connectivity index (χ4n) is 5.70. The van der Waals surface area contributed by atoms with Gasteiger partial charge in [-0.2, -0.15) is 0 Å². The van der Waals surface area contributed by atoms with Crippen LogP contribution >= 0.6 is 0 Å². The standard InChI is InChI=1S/C31H35NO7.5C2H6/c33-18-26-29(36)30(37)28(35)25(39-26)17-19-11-13-21(14-12-19)27-23(15-16-24(34)20-7-3-1-4-8-20)31(38)32(27)22-9-5-2-6-10-22;5*1-2/h1-14,23-30,33-37H,15-18H2;5*1-2H3/t23-,24+,25+,26-,27-,28+,29-,30-;;;;;/m1...../s1. The molecule has 2 fully saturated rings. The van der Waals surface area contributed by atoms with Gasteiger partial charge in [0.15, 0.2) is 0 Å². The van der Waals surface area contributed by atoms with Crippen molar-refractivity contribution in [3.63, 3.8) is 0 Å². The third kappa shape index (κ3) is 12.3. The Morgan fingerprint density at radius 2 is 1.16 bits per heavy atom. The quantitative estimate of drug-likeness (QED) is 0.148. The van der Waals surface area contributed by atoms with Gasteiger partial charge in [0.25, 0.3) is 0 Å². The minimum atomic E-state index is -1.41. The van der Waals surface area contributed by atoms with E-state index in [1.54, 1.807) is 4.90 Å². The van der Waals surface area contributed by atoms with E-state index in [9.17, 15) is 30.3 Å². The number of rotatable bonds is 9. The second-order valence-corrected chi connectivity index (χ2v) is 10.4. The first-order chi connectivity index (χ1) is 23.9. The van der Waals surface area contributed by atoms with Crippen molar-refractivity contribution in [2.45, 2.75) is 131 Å². The lowest BCUT2D eigenvalue weighted by Gasteiger charge is -2.48. The summed E-state index contributed by atoms with van der Waals surface area (Å²) < 4.78 is 5.65. The summed E-state index contributed by atoms with van der Waals surface area (Å²) in [4.78, 5) is 15.1. The minimum absolute atomic E-state index is 0.0249. The van der Waals surface area contributed by atoms with Crippen LogP contribution < -0.4 is 4.90 Å². The molecule has 0 aliphatic carbocycles. The van der Waals surface area contributed by atoms with Gasteiger partial charge in [-0.05, 0) is 41.7 Å². The molecule has 3 aromatic rings. The highest BCUT2D eigenvalue weighted by Crippen LogP contribution is 2.46. The number of benzene rings is 3. The number of aliphatic hydroxyl groups is 5. The zero-order valence-corrected chi connectivity index (χ0v) is 31.5. The molecule has 2 heterocycles. The van der Waals surface area contributed by atoms with Crippen LogP contribution in [-0.2, 0) is 16.0 Å². The van der Waals surface area contributed by atoms with Crippen LogP contribution in [0.1, 0.15) is 111 Å². The van der Waals surface area contributed by atoms with Crippen LogP contribution in [0, 0.1) is 5.92 Å². The number of para-hydroxylation sites is 1. The molecule has 0 saturated carbocycles. The number of anilines is 1. The molecule has 2 saturated heterocycles. The van der Waals surface area contributed by atoms with Gasteiger partial charge < -0.3 is 35.2 Å².